The molecule has 2 atom stereocenters. The van der Waals surface area contributed by atoms with Gasteiger partial charge >= 0.3 is 11.9 Å². The number of hydrogen-bond acceptors (Lipinski definition) is 5. The van der Waals surface area contributed by atoms with Gasteiger partial charge in [-0.1, -0.05) is 18.2 Å². The topological polar surface area (TPSA) is 65.1 Å². The van der Waals surface area contributed by atoms with Crippen LogP contribution in [0.3, 0.4) is 0 Å². The summed E-state index contributed by atoms with van der Waals surface area (Å²) >= 11 is 0. The third kappa shape index (κ3) is 3.45. The number of hydrogen-bond donors (Lipinski definition) is 0. The molecule has 1 heterocycles. The second-order valence-corrected chi connectivity index (χ2v) is 4.68. The van der Waals surface area contributed by atoms with Gasteiger partial charge in [0, 0.05) is 6.08 Å². The largest absolute Gasteiger partial charge is 0.466 e. The molecule has 1 fully saturated rings. The highest BCUT2D eigenvalue weighted by molar-refractivity contribution is 5.89. The summed E-state index contributed by atoms with van der Waals surface area (Å²) in [5, 5.41) is 0. The van der Waals surface area contributed by atoms with Crippen molar-refractivity contribution in [3.8, 4) is 0 Å². The molecule has 0 saturated carbocycles. The summed E-state index contributed by atoms with van der Waals surface area (Å²) in [6, 6.07) is 8.66. The molecule has 1 saturated heterocycles. The number of esters is 2. The summed E-state index contributed by atoms with van der Waals surface area (Å²) < 4.78 is 15.2. The van der Waals surface area contributed by atoms with E-state index < -0.39 is 23.6 Å². The Morgan fingerprint density at radius 2 is 2.00 bits per heavy atom. The van der Waals surface area contributed by atoms with Crippen LogP contribution in [0.4, 0.5) is 0 Å². The van der Waals surface area contributed by atoms with E-state index in [9.17, 15) is 9.59 Å². The lowest BCUT2D eigenvalue weighted by Gasteiger charge is -2.18. The maximum atomic E-state index is 12.0. The summed E-state index contributed by atoms with van der Waals surface area (Å²) in [4.78, 5) is 23.1. The Morgan fingerprint density at radius 1 is 1.35 bits per heavy atom. The highest BCUT2D eigenvalue weighted by Crippen LogP contribution is 2.33. The van der Waals surface area contributed by atoms with Crippen molar-refractivity contribution in [3.63, 3.8) is 0 Å². The van der Waals surface area contributed by atoms with E-state index in [1.54, 1.807) is 24.3 Å². The van der Waals surface area contributed by atoms with Gasteiger partial charge in [-0.2, -0.15) is 0 Å². The molecule has 20 heavy (non-hydrogen) atoms. The number of carbonyl (C=O) groups is 2. The van der Waals surface area contributed by atoms with Gasteiger partial charge < -0.3 is 14.2 Å². The molecule has 5 heteroatoms. The second kappa shape index (κ2) is 5.88. The molecule has 1 aromatic carbocycles. The number of carbonyl (C=O) groups excluding carboxylic acids is 2. The van der Waals surface area contributed by atoms with Crippen LogP contribution in [0, 0.1) is 0 Å². The van der Waals surface area contributed by atoms with Crippen molar-refractivity contribution in [1.29, 1.82) is 0 Å². The number of benzene rings is 1. The Labute approximate surface area is 117 Å². The van der Waals surface area contributed by atoms with E-state index in [-0.39, 0.29) is 0 Å². The molecule has 0 N–H and O–H groups in total. The Balaban J connectivity index is 2.07. The fourth-order valence-corrected chi connectivity index (χ4v) is 1.64. The quantitative estimate of drug-likeness (QED) is 0.465. The van der Waals surface area contributed by atoms with Crippen LogP contribution in [0.25, 0.3) is 0 Å². The van der Waals surface area contributed by atoms with E-state index in [4.69, 9.17) is 9.47 Å². The molecule has 106 valence electrons. The lowest BCUT2D eigenvalue weighted by atomic mass is 10.1. The first-order valence-electron chi connectivity index (χ1n) is 6.21. The predicted octanol–water partition coefficient (Wildman–Crippen LogP) is 1.73. The standard InChI is InChI=1S/C15H16O5/c1-15(10-19-15)12(8-9-13(16)18-2)20-14(17)11-6-4-3-5-7-11/h3-9,12H,10H2,1-2H3/b9-8+/t12-,15+/m0/s1. The van der Waals surface area contributed by atoms with E-state index >= 15 is 0 Å². The predicted molar refractivity (Wildman–Crippen MR) is 71.2 cm³/mol. The molecule has 1 aliphatic heterocycles. The van der Waals surface area contributed by atoms with Crippen molar-refractivity contribution in [2.45, 2.75) is 18.6 Å². The van der Waals surface area contributed by atoms with Crippen molar-refractivity contribution < 1.29 is 23.8 Å². The van der Waals surface area contributed by atoms with Gasteiger partial charge in [0.2, 0.25) is 0 Å². The van der Waals surface area contributed by atoms with Gasteiger partial charge in [-0.25, -0.2) is 9.59 Å². The molecule has 0 unspecified atom stereocenters. The Bertz CT molecular complexity index is 516. The molecule has 1 aliphatic rings. The first-order chi connectivity index (χ1) is 9.55. The molecule has 0 spiro atoms. The highest BCUT2D eigenvalue weighted by Gasteiger charge is 2.48. The molecule has 0 bridgehead atoms. The smallest absolute Gasteiger partial charge is 0.338 e. The molecule has 2 rings (SSSR count). The van der Waals surface area contributed by atoms with E-state index in [0.29, 0.717) is 12.2 Å². The lowest BCUT2D eigenvalue weighted by molar-refractivity contribution is -0.134. The third-order valence-electron chi connectivity index (χ3n) is 3.05. The average molecular weight is 276 g/mol. The minimum atomic E-state index is -0.630. The SMILES string of the molecule is COC(=O)/C=C/[C@H](OC(=O)c1ccccc1)[C@@]1(C)CO1. The first-order valence-corrected chi connectivity index (χ1v) is 6.21. The van der Waals surface area contributed by atoms with Crippen molar-refractivity contribution >= 4 is 11.9 Å². The number of epoxide rings is 1. The number of ether oxygens (including phenoxy) is 3. The summed E-state index contributed by atoms with van der Waals surface area (Å²) in [7, 11) is 1.28. The Kier molecular flexibility index (Phi) is 4.20. The molecule has 5 nitrogen and oxygen atoms in total. The zero-order valence-electron chi connectivity index (χ0n) is 11.4. The fourth-order valence-electron chi connectivity index (χ4n) is 1.64. The molecular weight excluding hydrogens is 260 g/mol. The van der Waals surface area contributed by atoms with Crippen LogP contribution < -0.4 is 0 Å². The van der Waals surface area contributed by atoms with Crippen LogP contribution in [-0.4, -0.2) is 37.4 Å². The van der Waals surface area contributed by atoms with Crippen LogP contribution in [0.15, 0.2) is 42.5 Å². The maximum absolute atomic E-state index is 12.0. The van der Waals surface area contributed by atoms with Crippen LogP contribution in [0.2, 0.25) is 0 Å². The molecule has 0 aliphatic carbocycles. The van der Waals surface area contributed by atoms with Crippen LogP contribution >= 0.6 is 0 Å². The van der Waals surface area contributed by atoms with Crippen molar-refractivity contribution in [3.05, 3.63) is 48.0 Å². The van der Waals surface area contributed by atoms with Gasteiger partial charge in [-0.3, -0.25) is 0 Å². The van der Waals surface area contributed by atoms with E-state index in [1.165, 1.54) is 19.3 Å². The summed E-state index contributed by atoms with van der Waals surface area (Å²) in [5.74, 6) is -0.961. The minimum Gasteiger partial charge on any atom is -0.466 e. The maximum Gasteiger partial charge on any atom is 0.338 e. The molecular formula is C15H16O5. The zero-order valence-corrected chi connectivity index (χ0v) is 11.4. The van der Waals surface area contributed by atoms with Crippen LogP contribution in [-0.2, 0) is 19.0 Å². The monoisotopic (exact) mass is 276 g/mol. The second-order valence-electron chi connectivity index (χ2n) is 4.68. The zero-order chi connectivity index (χ0) is 14.6. The fraction of sp³-hybridized carbons (Fsp3) is 0.333. The molecule has 0 radical (unpaired) electrons. The van der Waals surface area contributed by atoms with E-state index in [0.717, 1.165) is 0 Å². The van der Waals surface area contributed by atoms with E-state index in [2.05, 4.69) is 4.74 Å². The van der Waals surface area contributed by atoms with Crippen molar-refractivity contribution in [1.82, 2.24) is 0 Å². The van der Waals surface area contributed by atoms with Gasteiger partial charge in [-0.15, -0.1) is 0 Å². The van der Waals surface area contributed by atoms with Gasteiger partial charge in [-0.05, 0) is 25.1 Å². The van der Waals surface area contributed by atoms with Crippen molar-refractivity contribution in [2.75, 3.05) is 13.7 Å². The Hall–Kier alpha value is -2.14. The van der Waals surface area contributed by atoms with Gasteiger partial charge in [0.25, 0.3) is 0 Å². The highest BCUT2D eigenvalue weighted by atomic mass is 16.6. The lowest BCUT2D eigenvalue weighted by Crippen LogP contribution is -2.30. The average Bonchev–Trinajstić information content (AvgIpc) is 3.22. The summed E-state index contributed by atoms with van der Waals surface area (Å²) in [6.07, 6.45) is 2.09. The van der Waals surface area contributed by atoms with Crippen molar-refractivity contribution in [2.24, 2.45) is 0 Å². The summed E-state index contributed by atoms with van der Waals surface area (Å²) in [6.45, 7) is 2.29. The van der Waals surface area contributed by atoms with Gasteiger partial charge in [0.05, 0.1) is 19.3 Å². The molecule has 0 aromatic heterocycles. The first kappa shape index (κ1) is 14.3. The van der Waals surface area contributed by atoms with Crippen LogP contribution in [0.1, 0.15) is 17.3 Å². The van der Waals surface area contributed by atoms with Gasteiger partial charge in [0.15, 0.2) is 6.10 Å². The Morgan fingerprint density at radius 3 is 2.55 bits per heavy atom. The van der Waals surface area contributed by atoms with E-state index in [1.807, 2.05) is 13.0 Å². The normalized spacial score (nSPS) is 22.3. The minimum absolute atomic E-state index is 0.452. The molecule has 1 aromatic rings. The number of rotatable bonds is 5. The van der Waals surface area contributed by atoms with Crippen LogP contribution in [0.5, 0.6) is 0 Å². The third-order valence-corrected chi connectivity index (χ3v) is 3.05. The summed E-state index contributed by atoms with van der Waals surface area (Å²) in [5.41, 5.74) is -0.122. The van der Waals surface area contributed by atoms with Gasteiger partial charge in [0.1, 0.15) is 5.60 Å². The number of methoxy groups -OCH3 is 1. The molecule has 0 amide bonds.